The zero-order valence-corrected chi connectivity index (χ0v) is 11.8. The van der Waals surface area contributed by atoms with E-state index in [1.807, 2.05) is 30.3 Å². The Bertz CT molecular complexity index is 697. The minimum Gasteiger partial charge on any atom is -0.327 e. The van der Waals surface area contributed by atoms with Crippen molar-refractivity contribution < 1.29 is 4.79 Å². The van der Waals surface area contributed by atoms with Crippen molar-refractivity contribution in [2.45, 2.75) is 25.3 Å². The van der Waals surface area contributed by atoms with E-state index in [0.29, 0.717) is 11.8 Å². The average Bonchev–Trinajstić information content (AvgIpc) is 3.08. The molecule has 1 amide bonds. The first-order valence-electron chi connectivity index (χ1n) is 7.63. The van der Waals surface area contributed by atoms with Crippen molar-refractivity contribution in [3.63, 3.8) is 0 Å². The SMILES string of the molecule is NC1C2CCC(C2)C1C(=O)Nc1ccc2ncccc2c1. The molecule has 4 rings (SSSR count). The predicted molar refractivity (Wildman–Crippen MR) is 82.7 cm³/mol. The molecule has 2 aromatic rings. The summed E-state index contributed by atoms with van der Waals surface area (Å²) in [6.45, 7) is 0. The first-order valence-corrected chi connectivity index (χ1v) is 7.63. The second-order valence-electron chi connectivity index (χ2n) is 6.34. The molecule has 1 aromatic carbocycles. The quantitative estimate of drug-likeness (QED) is 0.889. The molecule has 2 fully saturated rings. The molecule has 4 atom stereocenters. The molecular weight excluding hydrogens is 262 g/mol. The van der Waals surface area contributed by atoms with Gasteiger partial charge in [-0.05, 0) is 55.4 Å². The normalized spacial score (nSPS) is 30.7. The molecule has 2 bridgehead atoms. The zero-order chi connectivity index (χ0) is 14.4. The maximum Gasteiger partial charge on any atom is 0.229 e. The molecule has 4 unspecified atom stereocenters. The number of carbonyl (C=O) groups excluding carboxylic acids is 1. The highest BCUT2D eigenvalue weighted by molar-refractivity contribution is 5.95. The van der Waals surface area contributed by atoms with E-state index in [4.69, 9.17) is 5.73 Å². The zero-order valence-electron chi connectivity index (χ0n) is 11.8. The molecule has 3 N–H and O–H groups in total. The van der Waals surface area contributed by atoms with Gasteiger partial charge in [-0.15, -0.1) is 0 Å². The van der Waals surface area contributed by atoms with Crippen molar-refractivity contribution in [2.24, 2.45) is 23.5 Å². The highest BCUT2D eigenvalue weighted by Crippen LogP contribution is 2.47. The van der Waals surface area contributed by atoms with E-state index in [-0.39, 0.29) is 17.9 Å². The molecule has 4 heteroatoms. The molecule has 21 heavy (non-hydrogen) atoms. The van der Waals surface area contributed by atoms with Gasteiger partial charge in [-0.3, -0.25) is 9.78 Å². The van der Waals surface area contributed by atoms with Crippen molar-refractivity contribution in [3.05, 3.63) is 36.5 Å². The number of anilines is 1. The number of fused-ring (bicyclic) bond motifs is 3. The van der Waals surface area contributed by atoms with Crippen molar-refractivity contribution >= 4 is 22.5 Å². The number of nitrogens with one attached hydrogen (secondary N) is 1. The van der Waals surface area contributed by atoms with Crippen LogP contribution in [0.25, 0.3) is 10.9 Å². The largest absolute Gasteiger partial charge is 0.327 e. The van der Waals surface area contributed by atoms with Gasteiger partial charge in [-0.2, -0.15) is 0 Å². The lowest BCUT2D eigenvalue weighted by Gasteiger charge is -2.27. The smallest absolute Gasteiger partial charge is 0.229 e. The first kappa shape index (κ1) is 12.8. The third-order valence-corrected chi connectivity index (χ3v) is 5.15. The summed E-state index contributed by atoms with van der Waals surface area (Å²) >= 11 is 0. The molecule has 2 aliphatic rings. The van der Waals surface area contributed by atoms with Crippen molar-refractivity contribution in [3.8, 4) is 0 Å². The van der Waals surface area contributed by atoms with Crippen LogP contribution in [0.3, 0.4) is 0 Å². The molecule has 0 saturated heterocycles. The lowest BCUT2D eigenvalue weighted by Crippen LogP contribution is -2.42. The van der Waals surface area contributed by atoms with Gasteiger partial charge < -0.3 is 11.1 Å². The molecular formula is C17H19N3O. The number of benzene rings is 1. The van der Waals surface area contributed by atoms with Gasteiger partial charge in [0, 0.05) is 23.3 Å². The summed E-state index contributed by atoms with van der Waals surface area (Å²) in [5.74, 6) is 1.09. The minimum absolute atomic E-state index is 0.0201. The summed E-state index contributed by atoms with van der Waals surface area (Å²) in [7, 11) is 0. The fraction of sp³-hybridized carbons (Fsp3) is 0.412. The monoisotopic (exact) mass is 281 g/mol. The third-order valence-electron chi connectivity index (χ3n) is 5.15. The molecule has 4 nitrogen and oxygen atoms in total. The Morgan fingerprint density at radius 1 is 1.24 bits per heavy atom. The summed E-state index contributed by atoms with van der Waals surface area (Å²) in [6, 6.07) is 9.75. The molecule has 2 aliphatic carbocycles. The Labute approximate surface area is 123 Å². The summed E-state index contributed by atoms with van der Waals surface area (Å²) in [5, 5.41) is 4.08. The van der Waals surface area contributed by atoms with Crippen LogP contribution in [0.2, 0.25) is 0 Å². The van der Waals surface area contributed by atoms with E-state index in [0.717, 1.165) is 29.4 Å². The molecule has 1 aromatic heterocycles. The number of rotatable bonds is 2. The standard InChI is InChI=1S/C17H19N3O/c18-16-12-4-3-11(8-12)15(16)17(21)20-13-5-6-14-10(9-13)2-1-7-19-14/h1-2,5-7,9,11-12,15-16H,3-4,8,18H2,(H,20,21). The highest BCUT2D eigenvalue weighted by atomic mass is 16.2. The maximum atomic E-state index is 12.5. The van der Waals surface area contributed by atoms with Crippen LogP contribution in [-0.2, 0) is 4.79 Å². The summed E-state index contributed by atoms with van der Waals surface area (Å²) in [4.78, 5) is 16.8. The number of carbonyl (C=O) groups is 1. The lowest BCUT2D eigenvalue weighted by atomic mass is 9.84. The van der Waals surface area contributed by atoms with Crippen LogP contribution in [0, 0.1) is 17.8 Å². The van der Waals surface area contributed by atoms with E-state index < -0.39 is 0 Å². The number of nitrogens with zero attached hydrogens (tertiary/aromatic N) is 1. The van der Waals surface area contributed by atoms with E-state index in [1.165, 1.54) is 6.42 Å². The van der Waals surface area contributed by atoms with E-state index in [1.54, 1.807) is 6.20 Å². The van der Waals surface area contributed by atoms with Crippen molar-refractivity contribution in [1.82, 2.24) is 4.98 Å². The van der Waals surface area contributed by atoms with Crippen LogP contribution in [0.15, 0.2) is 36.5 Å². The van der Waals surface area contributed by atoms with Gasteiger partial charge in [0.15, 0.2) is 0 Å². The van der Waals surface area contributed by atoms with E-state index in [9.17, 15) is 4.79 Å². The topological polar surface area (TPSA) is 68.0 Å². The van der Waals surface area contributed by atoms with E-state index >= 15 is 0 Å². The molecule has 2 saturated carbocycles. The Balaban J connectivity index is 1.55. The highest BCUT2D eigenvalue weighted by Gasteiger charge is 2.49. The number of pyridine rings is 1. The molecule has 0 spiro atoms. The van der Waals surface area contributed by atoms with Gasteiger partial charge in [0.2, 0.25) is 5.91 Å². The van der Waals surface area contributed by atoms with Crippen LogP contribution in [0.5, 0.6) is 0 Å². The summed E-state index contributed by atoms with van der Waals surface area (Å²) in [5.41, 5.74) is 8.00. The van der Waals surface area contributed by atoms with Crippen LogP contribution < -0.4 is 11.1 Å². The van der Waals surface area contributed by atoms with Gasteiger partial charge >= 0.3 is 0 Å². The number of aromatic nitrogens is 1. The second kappa shape index (κ2) is 4.81. The Morgan fingerprint density at radius 3 is 2.90 bits per heavy atom. The van der Waals surface area contributed by atoms with Crippen LogP contribution in [0.1, 0.15) is 19.3 Å². The van der Waals surface area contributed by atoms with Gasteiger partial charge in [0.25, 0.3) is 0 Å². The van der Waals surface area contributed by atoms with Crippen LogP contribution in [0.4, 0.5) is 5.69 Å². The number of amides is 1. The maximum absolute atomic E-state index is 12.5. The van der Waals surface area contributed by atoms with Crippen LogP contribution in [-0.4, -0.2) is 16.9 Å². The van der Waals surface area contributed by atoms with Gasteiger partial charge in [-0.1, -0.05) is 6.07 Å². The molecule has 0 radical (unpaired) electrons. The van der Waals surface area contributed by atoms with Gasteiger partial charge in [-0.25, -0.2) is 0 Å². The predicted octanol–water partition coefficient (Wildman–Crippen LogP) is 2.55. The van der Waals surface area contributed by atoms with Crippen molar-refractivity contribution in [2.75, 3.05) is 5.32 Å². The molecule has 108 valence electrons. The molecule has 1 heterocycles. The molecule has 0 aliphatic heterocycles. The van der Waals surface area contributed by atoms with Crippen molar-refractivity contribution in [1.29, 1.82) is 0 Å². The fourth-order valence-electron chi connectivity index (χ4n) is 4.10. The number of nitrogens with two attached hydrogens (primary N) is 1. The number of hydrogen-bond donors (Lipinski definition) is 2. The number of hydrogen-bond acceptors (Lipinski definition) is 3. The Kier molecular flexibility index (Phi) is 2.93. The average molecular weight is 281 g/mol. The lowest BCUT2D eigenvalue weighted by molar-refractivity contribution is -0.121. The summed E-state index contributed by atoms with van der Waals surface area (Å²) in [6.07, 6.45) is 5.24. The first-order chi connectivity index (χ1) is 10.2. The second-order valence-corrected chi connectivity index (χ2v) is 6.34. The third kappa shape index (κ3) is 2.10. The van der Waals surface area contributed by atoms with Gasteiger partial charge in [0.1, 0.15) is 0 Å². The summed E-state index contributed by atoms with van der Waals surface area (Å²) < 4.78 is 0. The Hall–Kier alpha value is -1.94. The minimum atomic E-state index is -0.0201. The fourth-order valence-corrected chi connectivity index (χ4v) is 4.10. The van der Waals surface area contributed by atoms with Gasteiger partial charge in [0.05, 0.1) is 11.4 Å². The van der Waals surface area contributed by atoms with E-state index in [2.05, 4.69) is 10.3 Å². The van der Waals surface area contributed by atoms with Crippen LogP contribution >= 0.6 is 0 Å². The Morgan fingerprint density at radius 2 is 2.10 bits per heavy atom.